The van der Waals surface area contributed by atoms with Crippen molar-refractivity contribution in [3.8, 4) is 28.5 Å². The molecule has 0 radical (unpaired) electrons. The van der Waals surface area contributed by atoms with E-state index < -0.39 is 0 Å². The fourth-order valence-electron chi connectivity index (χ4n) is 3.19. The summed E-state index contributed by atoms with van der Waals surface area (Å²) in [6.07, 6.45) is 2.39. The molecule has 2 aromatic heterocycles. The zero-order valence-corrected chi connectivity index (χ0v) is 17.2. The average molecular weight is 413 g/mol. The van der Waals surface area contributed by atoms with Crippen LogP contribution in [0.2, 0.25) is 0 Å². The van der Waals surface area contributed by atoms with E-state index in [1.807, 2.05) is 66.7 Å². The average Bonchev–Trinajstić information content (AvgIpc) is 3.27. The Bertz CT molecular complexity index is 1070. The molecule has 2 aromatic carbocycles. The van der Waals surface area contributed by atoms with Gasteiger partial charge in [0, 0.05) is 42.8 Å². The highest BCUT2D eigenvalue weighted by molar-refractivity contribution is 5.77. The summed E-state index contributed by atoms with van der Waals surface area (Å²) in [7, 11) is 1.57. The highest BCUT2D eigenvalue weighted by Crippen LogP contribution is 2.32. The fourth-order valence-corrected chi connectivity index (χ4v) is 3.19. The van der Waals surface area contributed by atoms with Gasteiger partial charge in [0.15, 0.2) is 11.7 Å². The normalized spacial score (nSPS) is 10.6. The third-order valence-electron chi connectivity index (χ3n) is 4.82. The summed E-state index contributed by atoms with van der Waals surface area (Å²) in [6.45, 7) is 0.409. The van der Waals surface area contributed by atoms with E-state index >= 15 is 0 Å². The molecule has 0 unspecified atom stereocenters. The molecule has 2 heterocycles. The number of hydrogen-bond acceptors (Lipinski definition) is 5. The molecule has 6 nitrogen and oxygen atoms in total. The number of aryl methyl sites for hydroxylation is 1. The number of amides is 1. The van der Waals surface area contributed by atoms with Crippen molar-refractivity contribution in [2.75, 3.05) is 7.11 Å². The van der Waals surface area contributed by atoms with Gasteiger partial charge in [-0.2, -0.15) is 0 Å². The SMILES string of the molecule is COc1ccc(CNC(=O)CCc2nc(-c3ccccc3)c(-c3ccccc3)o2)cn1. The Hall–Kier alpha value is -3.93. The monoisotopic (exact) mass is 413 g/mol. The van der Waals surface area contributed by atoms with Gasteiger partial charge in [0.2, 0.25) is 11.8 Å². The molecule has 0 aliphatic rings. The van der Waals surface area contributed by atoms with Crippen LogP contribution in [0.5, 0.6) is 5.88 Å². The Balaban J connectivity index is 1.43. The van der Waals surface area contributed by atoms with Crippen LogP contribution < -0.4 is 10.1 Å². The lowest BCUT2D eigenvalue weighted by molar-refractivity contribution is -0.121. The summed E-state index contributed by atoms with van der Waals surface area (Å²) in [5.74, 6) is 1.73. The largest absolute Gasteiger partial charge is 0.481 e. The van der Waals surface area contributed by atoms with Crippen molar-refractivity contribution >= 4 is 5.91 Å². The standard InChI is InChI=1S/C25H23N3O3/c1-30-22-14-12-18(17-27-22)16-26-21(29)13-15-23-28-24(19-8-4-2-5-9-19)25(31-23)20-10-6-3-7-11-20/h2-12,14,17H,13,15-16H2,1H3,(H,26,29). The number of rotatable bonds is 8. The van der Waals surface area contributed by atoms with Gasteiger partial charge in [-0.3, -0.25) is 4.79 Å². The predicted octanol–water partition coefficient (Wildman–Crippen LogP) is 4.66. The van der Waals surface area contributed by atoms with Crippen LogP contribution in [0.15, 0.2) is 83.4 Å². The predicted molar refractivity (Wildman–Crippen MR) is 118 cm³/mol. The van der Waals surface area contributed by atoms with E-state index in [2.05, 4.69) is 10.3 Å². The number of benzene rings is 2. The van der Waals surface area contributed by atoms with E-state index in [1.165, 1.54) is 0 Å². The van der Waals surface area contributed by atoms with E-state index in [0.29, 0.717) is 30.5 Å². The number of methoxy groups -OCH3 is 1. The molecule has 4 aromatic rings. The van der Waals surface area contributed by atoms with Crippen LogP contribution in [0.1, 0.15) is 17.9 Å². The number of hydrogen-bond donors (Lipinski definition) is 1. The summed E-state index contributed by atoms with van der Waals surface area (Å²) in [6, 6.07) is 23.4. The molecule has 0 fully saturated rings. The van der Waals surface area contributed by atoms with Gasteiger partial charge >= 0.3 is 0 Å². The highest BCUT2D eigenvalue weighted by atomic mass is 16.5. The topological polar surface area (TPSA) is 77.2 Å². The second kappa shape index (κ2) is 9.71. The molecule has 0 saturated carbocycles. The first kappa shape index (κ1) is 20.3. The zero-order chi connectivity index (χ0) is 21.5. The van der Waals surface area contributed by atoms with Crippen molar-refractivity contribution in [1.29, 1.82) is 0 Å². The van der Waals surface area contributed by atoms with Crippen molar-refractivity contribution in [2.45, 2.75) is 19.4 Å². The van der Waals surface area contributed by atoms with Crippen LogP contribution in [0.25, 0.3) is 22.6 Å². The van der Waals surface area contributed by atoms with Gasteiger partial charge in [0.05, 0.1) is 7.11 Å². The van der Waals surface area contributed by atoms with E-state index in [1.54, 1.807) is 19.4 Å². The molecule has 1 N–H and O–H groups in total. The Morgan fingerprint density at radius 3 is 2.32 bits per heavy atom. The first-order valence-electron chi connectivity index (χ1n) is 10.1. The summed E-state index contributed by atoms with van der Waals surface area (Å²) < 4.78 is 11.1. The molecule has 0 spiro atoms. The molecule has 0 saturated heterocycles. The van der Waals surface area contributed by atoms with Crippen LogP contribution in [0.3, 0.4) is 0 Å². The van der Waals surface area contributed by atoms with E-state index in [4.69, 9.17) is 14.1 Å². The highest BCUT2D eigenvalue weighted by Gasteiger charge is 2.17. The minimum atomic E-state index is -0.0726. The number of nitrogens with zero attached hydrogens (tertiary/aromatic N) is 2. The summed E-state index contributed by atoms with van der Waals surface area (Å²) >= 11 is 0. The maximum absolute atomic E-state index is 12.3. The van der Waals surface area contributed by atoms with E-state index in [0.717, 1.165) is 22.4 Å². The number of aromatic nitrogens is 2. The van der Waals surface area contributed by atoms with Crippen molar-refractivity contribution in [2.24, 2.45) is 0 Å². The summed E-state index contributed by atoms with van der Waals surface area (Å²) in [5, 5.41) is 2.90. The maximum atomic E-state index is 12.3. The number of nitrogens with one attached hydrogen (secondary N) is 1. The van der Waals surface area contributed by atoms with Crippen molar-refractivity contribution in [3.05, 3.63) is 90.4 Å². The van der Waals surface area contributed by atoms with Gasteiger partial charge in [-0.15, -0.1) is 0 Å². The minimum Gasteiger partial charge on any atom is -0.481 e. The lowest BCUT2D eigenvalue weighted by Crippen LogP contribution is -2.23. The number of carbonyl (C=O) groups excluding carboxylic acids is 1. The lowest BCUT2D eigenvalue weighted by Gasteiger charge is -2.05. The van der Waals surface area contributed by atoms with Crippen molar-refractivity contribution < 1.29 is 13.9 Å². The molecular formula is C25H23N3O3. The summed E-state index contributed by atoms with van der Waals surface area (Å²) in [5.41, 5.74) is 3.62. The van der Waals surface area contributed by atoms with Gasteiger partial charge in [-0.1, -0.05) is 66.7 Å². The Morgan fingerprint density at radius 1 is 0.968 bits per heavy atom. The smallest absolute Gasteiger partial charge is 0.220 e. The van der Waals surface area contributed by atoms with Crippen LogP contribution >= 0.6 is 0 Å². The second-order valence-corrected chi connectivity index (χ2v) is 7.00. The number of carbonyl (C=O) groups is 1. The second-order valence-electron chi connectivity index (χ2n) is 7.00. The molecule has 4 rings (SSSR count). The number of oxazole rings is 1. The number of ether oxygens (including phenoxy) is 1. The lowest BCUT2D eigenvalue weighted by atomic mass is 10.1. The van der Waals surface area contributed by atoms with Gasteiger partial charge in [-0.05, 0) is 5.56 Å². The van der Waals surface area contributed by atoms with E-state index in [-0.39, 0.29) is 12.3 Å². The molecule has 31 heavy (non-hydrogen) atoms. The quantitative estimate of drug-likeness (QED) is 0.455. The third kappa shape index (κ3) is 5.17. The maximum Gasteiger partial charge on any atom is 0.220 e. The first-order chi connectivity index (χ1) is 15.2. The van der Waals surface area contributed by atoms with Gasteiger partial charge < -0.3 is 14.5 Å². The molecule has 0 bridgehead atoms. The van der Waals surface area contributed by atoms with Crippen LogP contribution in [0, 0.1) is 0 Å². The molecule has 0 atom stereocenters. The zero-order valence-electron chi connectivity index (χ0n) is 17.2. The Morgan fingerprint density at radius 2 is 1.68 bits per heavy atom. The van der Waals surface area contributed by atoms with Gasteiger partial charge in [0.1, 0.15) is 5.69 Å². The first-order valence-corrected chi connectivity index (χ1v) is 10.1. The molecule has 1 amide bonds. The van der Waals surface area contributed by atoms with Crippen LogP contribution in [-0.4, -0.2) is 23.0 Å². The Labute approximate surface area is 180 Å². The van der Waals surface area contributed by atoms with Crippen molar-refractivity contribution in [1.82, 2.24) is 15.3 Å². The molecule has 156 valence electrons. The van der Waals surface area contributed by atoms with Gasteiger partial charge in [-0.25, -0.2) is 9.97 Å². The Kier molecular flexibility index (Phi) is 6.38. The van der Waals surface area contributed by atoms with Crippen LogP contribution in [0.4, 0.5) is 0 Å². The third-order valence-corrected chi connectivity index (χ3v) is 4.82. The molecule has 0 aliphatic carbocycles. The molecule has 6 heteroatoms. The van der Waals surface area contributed by atoms with Gasteiger partial charge in [0.25, 0.3) is 0 Å². The van der Waals surface area contributed by atoms with Crippen LogP contribution in [-0.2, 0) is 17.8 Å². The number of pyridine rings is 1. The minimum absolute atomic E-state index is 0.0726. The molecular weight excluding hydrogens is 390 g/mol. The fraction of sp³-hybridized carbons (Fsp3) is 0.160. The summed E-state index contributed by atoms with van der Waals surface area (Å²) in [4.78, 5) is 21.2. The van der Waals surface area contributed by atoms with E-state index in [9.17, 15) is 4.79 Å². The van der Waals surface area contributed by atoms with Crippen molar-refractivity contribution in [3.63, 3.8) is 0 Å². The molecule has 0 aliphatic heterocycles.